The number of carbonyl (C=O) groups is 2. The van der Waals surface area contributed by atoms with E-state index >= 15 is 0 Å². The molecule has 3 N–H and O–H groups in total. The van der Waals surface area contributed by atoms with E-state index in [1.54, 1.807) is 12.1 Å². The molecule has 2 amide bonds. The van der Waals surface area contributed by atoms with Gasteiger partial charge in [-0.25, -0.2) is 17.2 Å². The highest BCUT2D eigenvalue weighted by atomic mass is 32.2. The van der Waals surface area contributed by atoms with E-state index in [0.29, 0.717) is 6.07 Å². The molecule has 0 bridgehead atoms. The van der Waals surface area contributed by atoms with E-state index in [4.69, 9.17) is 5.73 Å². The van der Waals surface area contributed by atoms with E-state index in [-0.39, 0.29) is 36.5 Å². The maximum atomic E-state index is 14.0. The van der Waals surface area contributed by atoms with Crippen LogP contribution in [0.3, 0.4) is 0 Å². The maximum Gasteiger partial charge on any atom is 0.251 e. The minimum Gasteiger partial charge on any atom is -0.366 e. The highest BCUT2D eigenvalue weighted by molar-refractivity contribution is 7.89. The van der Waals surface area contributed by atoms with Gasteiger partial charge in [-0.2, -0.15) is 4.31 Å². The van der Waals surface area contributed by atoms with Crippen LogP contribution in [0.5, 0.6) is 0 Å². The molecule has 0 unspecified atom stereocenters. The fourth-order valence-corrected chi connectivity index (χ4v) is 5.81. The molecule has 0 aromatic heterocycles. The van der Waals surface area contributed by atoms with Crippen LogP contribution in [0, 0.1) is 17.6 Å². The molecule has 2 aromatic rings. The van der Waals surface area contributed by atoms with Gasteiger partial charge in [-0.1, -0.05) is 6.07 Å². The lowest BCUT2D eigenvalue weighted by Gasteiger charge is -2.30. The van der Waals surface area contributed by atoms with Crippen LogP contribution in [0.15, 0.2) is 35.2 Å². The fourth-order valence-electron chi connectivity index (χ4n) is 4.28. The number of nitrogens with two attached hydrogens (primary N) is 1. The zero-order chi connectivity index (χ0) is 23.0. The number of nitrogens with one attached hydrogen (secondary N) is 1. The molecule has 2 aromatic carbocycles. The molecule has 1 aliphatic heterocycles. The first-order valence-corrected chi connectivity index (χ1v) is 11.8. The lowest BCUT2D eigenvalue weighted by Crippen LogP contribution is -2.41. The summed E-state index contributed by atoms with van der Waals surface area (Å²) in [5, 5.41) is 2.36. The topological polar surface area (TPSA) is 110 Å². The van der Waals surface area contributed by atoms with Gasteiger partial charge in [0.1, 0.15) is 11.6 Å². The molecule has 170 valence electrons. The summed E-state index contributed by atoms with van der Waals surface area (Å²) in [4.78, 5) is 24.1. The van der Waals surface area contributed by atoms with Crippen LogP contribution in [0.1, 0.15) is 40.7 Å². The standard InChI is InChI=1S/C22H23F2N3O4S/c23-18-12-19(24)20(11-17(18)21(25)28)26-22(29)14-6-8-27(9-7-14)32(30,31)16-5-4-13-2-1-3-15(13)10-16/h4-5,10-12,14H,1-3,6-9H2,(H2,25,28)(H,26,29). The van der Waals surface area contributed by atoms with E-state index in [1.807, 2.05) is 6.07 Å². The molecule has 4 rings (SSSR count). The first kappa shape index (κ1) is 22.3. The van der Waals surface area contributed by atoms with Gasteiger partial charge in [0.25, 0.3) is 5.91 Å². The van der Waals surface area contributed by atoms with Crippen LogP contribution in [0.2, 0.25) is 0 Å². The van der Waals surface area contributed by atoms with Crippen molar-refractivity contribution in [2.75, 3.05) is 18.4 Å². The minimum atomic E-state index is -3.67. The largest absolute Gasteiger partial charge is 0.366 e. The summed E-state index contributed by atoms with van der Waals surface area (Å²) < 4.78 is 55.1. The third-order valence-corrected chi connectivity index (χ3v) is 8.01. The van der Waals surface area contributed by atoms with Crippen molar-refractivity contribution in [3.63, 3.8) is 0 Å². The second-order valence-electron chi connectivity index (χ2n) is 8.13. The number of benzene rings is 2. The molecule has 1 heterocycles. The molecular formula is C22H23F2N3O4S. The quantitative estimate of drug-likeness (QED) is 0.710. The van der Waals surface area contributed by atoms with Gasteiger partial charge in [0, 0.05) is 25.1 Å². The third kappa shape index (κ3) is 4.24. The molecule has 1 aliphatic carbocycles. The summed E-state index contributed by atoms with van der Waals surface area (Å²) in [6.45, 7) is 0.298. The zero-order valence-corrected chi connectivity index (χ0v) is 18.1. The molecule has 2 aliphatic rings. The molecule has 32 heavy (non-hydrogen) atoms. The van der Waals surface area contributed by atoms with Crippen LogP contribution in [-0.4, -0.2) is 37.6 Å². The molecule has 0 atom stereocenters. The second-order valence-corrected chi connectivity index (χ2v) is 10.1. The highest BCUT2D eigenvalue weighted by Gasteiger charge is 2.33. The molecule has 7 nitrogen and oxygen atoms in total. The summed E-state index contributed by atoms with van der Waals surface area (Å²) in [7, 11) is -3.67. The van der Waals surface area contributed by atoms with Gasteiger partial charge in [-0.3, -0.25) is 9.59 Å². The minimum absolute atomic E-state index is 0.149. The lowest BCUT2D eigenvalue weighted by molar-refractivity contribution is -0.120. The normalized spacial score (nSPS) is 17.2. The molecule has 0 saturated carbocycles. The Bertz CT molecular complexity index is 1190. The van der Waals surface area contributed by atoms with Gasteiger partial charge in [0.2, 0.25) is 15.9 Å². The monoisotopic (exact) mass is 463 g/mol. The number of halogens is 2. The Morgan fingerprint density at radius 2 is 1.69 bits per heavy atom. The third-order valence-electron chi connectivity index (χ3n) is 6.11. The summed E-state index contributed by atoms with van der Waals surface area (Å²) in [5.74, 6) is -4.30. The van der Waals surface area contributed by atoms with Crippen molar-refractivity contribution in [2.45, 2.75) is 37.0 Å². The van der Waals surface area contributed by atoms with E-state index in [9.17, 15) is 26.8 Å². The van der Waals surface area contributed by atoms with Crippen molar-refractivity contribution < 1.29 is 26.8 Å². The SMILES string of the molecule is NC(=O)c1cc(NC(=O)C2CCN(S(=O)(=O)c3ccc4c(c3)CCC4)CC2)c(F)cc1F. The van der Waals surface area contributed by atoms with Gasteiger partial charge in [0.05, 0.1) is 16.1 Å². The number of hydrogen-bond donors (Lipinski definition) is 2. The Morgan fingerprint density at radius 3 is 2.38 bits per heavy atom. The van der Waals surface area contributed by atoms with Crippen LogP contribution in [-0.2, 0) is 27.7 Å². The Kier molecular flexibility index (Phi) is 6.00. The van der Waals surface area contributed by atoms with Crippen molar-refractivity contribution >= 4 is 27.5 Å². The van der Waals surface area contributed by atoms with Crippen molar-refractivity contribution in [2.24, 2.45) is 11.7 Å². The van der Waals surface area contributed by atoms with Gasteiger partial charge >= 0.3 is 0 Å². The van der Waals surface area contributed by atoms with Crippen LogP contribution in [0.25, 0.3) is 0 Å². The molecular weight excluding hydrogens is 440 g/mol. The molecule has 0 spiro atoms. The van der Waals surface area contributed by atoms with Crippen LogP contribution < -0.4 is 11.1 Å². The number of carbonyl (C=O) groups excluding carboxylic acids is 2. The predicted molar refractivity (Wildman–Crippen MR) is 113 cm³/mol. The van der Waals surface area contributed by atoms with Crippen LogP contribution in [0.4, 0.5) is 14.5 Å². The number of anilines is 1. The number of aryl methyl sites for hydroxylation is 2. The number of piperidine rings is 1. The van der Waals surface area contributed by atoms with Crippen molar-refractivity contribution in [3.8, 4) is 0 Å². The number of fused-ring (bicyclic) bond motifs is 1. The van der Waals surface area contributed by atoms with Crippen molar-refractivity contribution in [1.82, 2.24) is 4.31 Å². The van der Waals surface area contributed by atoms with E-state index in [2.05, 4.69) is 5.32 Å². The Balaban J connectivity index is 1.42. The maximum absolute atomic E-state index is 14.0. The number of hydrogen-bond acceptors (Lipinski definition) is 4. The van der Waals surface area contributed by atoms with Gasteiger partial charge in [-0.05, 0) is 61.4 Å². The van der Waals surface area contributed by atoms with Crippen LogP contribution >= 0.6 is 0 Å². The van der Waals surface area contributed by atoms with Gasteiger partial charge < -0.3 is 11.1 Å². The molecule has 1 fully saturated rings. The van der Waals surface area contributed by atoms with Gasteiger partial charge in [0.15, 0.2) is 0 Å². The average Bonchev–Trinajstić information content (AvgIpc) is 3.23. The number of primary amides is 1. The van der Waals surface area contributed by atoms with Crippen molar-refractivity contribution in [1.29, 1.82) is 0 Å². The van der Waals surface area contributed by atoms with Gasteiger partial charge in [-0.15, -0.1) is 0 Å². The fraction of sp³-hybridized carbons (Fsp3) is 0.364. The second kappa shape index (κ2) is 8.59. The number of sulfonamides is 1. The summed E-state index contributed by atoms with van der Waals surface area (Å²) in [6.07, 6.45) is 3.36. The van der Waals surface area contributed by atoms with E-state index in [1.165, 1.54) is 9.87 Å². The Labute approximate surface area is 184 Å². The van der Waals surface area contributed by atoms with E-state index < -0.39 is 45.0 Å². The average molecular weight is 464 g/mol. The molecule has 0 radical (unpaired) electrons. The summed E-state index contributed by atoms with van der Waals surface area (Å²) in [5.41, 5.74) is 6.44. The summed E-state index contributed by atoms with van der Waals surface area (Å²) >= 11 is 0. The number of rotatable bonds is 5. The first-order chi connectivity index (χ1) is 15.2. The molecule has 10 heteroatoms. The summed E-state index contributed by atoms with van der Waals surface area (Å²) in [6, 6.07) is 6.59. The predicted octanol–water partition coefficient (Wildman–Crippen LogP) is 2.59. The first-order valence-electron chi connectivity index (χ1n) is 10.4. The zero-order valence-electron chi connectivity index (χ0n) is 17.2. The number of nitrogens with zero attached hydrogens (tertiary/aromatic N) is 1. The Hall–Kier alpha value is -2.85. The smallest absolute Gasteiger partial charge is 0.251 e. The number of amides is 2. The van der Waals surface area contributed by atoms with Crippen molar-refractivity contribution in [3.05, 3.63) is 58.7 Å². The Morgan fingerprint density at radius 1 is 1.00 bits per heavy atom. The van der Waals surface area contributed by atoms with E-state index in [0.717, 1.165) is 30.9 Å². The molecule has 1 saturated heterocycles. The highest BCUT2D eigenvalue weighted by Crippen LogP contribution is 2.29. The lowest BCUT2D eigenvalue weighted by atomic mass is 9.97.